The van der Waals surface area contributed by atoms with Gasteiger partial charge in [-0.3, -0.25) is 10.1 Å². The number of aromatic nitrogens is 2. The number of anilines is 1. The molecule has 0 radical (unpaired) electrons. The Morgan fingerprint density at radius 1 is 0.971 bits per heavy atom. The summed E-state index contributed by atoms with van der Waals surface area (Å²) in [5.74, 6) is -0.193. The first-order valence-corrected chi connectivity index (χ1v) is 13.3. The van der Waals surface area contributed by atoms with Gasteiger partial charge in [0, 0.05) is 19.5 Å². The number of amides is 1. The predicted octanol–water partition coefficient (Wildman–Crippen LogP) is 4.33. The maximum Gasteiger partial charge on any atom is 0.227 e. The Labute approximate surface area is 200 Å². The Kier molecular flexibility index (Phi) is 7.29. The molecule has 0 bridgehead atoms. The average molecular weight is 479 g/mol. The highest BCUT2D eigenvalue weighted by Gasteiger charge is 2.19. The summed E-state index contributed by atoms with van der Waals surface area (Å²) in [7, 11) is -3.60. The van der Waals surface area contributed by atoms with Crippen molar-refractivity contribution in [3.05, 3.63) is 66.7 Å². The van der Waals surface area contributed by atoms with E-state index in [4.69, 9.17) is 0 Å². The van der Waals surface area contributed by atoms with Gasteiger partial charge in [0.1, 0.15) is 0 Å². The molecule has 0 spiro atoms. The molecule has 4 aromatic rings. The number of nitrogens with one attached hydrogen (secondary N) is 1. The van der Waals surface area contributed by atoms with Crippen molar-refractivity contribution in [1.82, 2.24) is 14.5 Å². The summed E-state index contributed by atoms with van der Waals surface area (Å²) in [6.07, 6.45) is -0.144. The van der Waals surface area contributed by atoms with Crippen LogP contribution in [0.15, 0.2) is 71.6 Å². The van der Waals surface area contributed by atoms with Crippen LogP contribution in [-0.2, 0) is 21.2 Å². The molecule has 0 saturated heterocycles. The van der Waals surface area contributed by atoms with Gasteiger partial charge < -0.3 is 9.47 Å². The zero-order valence-corrected chi connectivity index (χ0v) is 20.4. The number of hydrogen-bond acceptors (Lipinski definition) is 5. The van der Waals surface area contributed by atoms with Crippen LogP contribution in [-0.4, -0.2) is 54.2 Å². The van der Waals surface area contributed by atoms with Crippen LogP contribution in [0.3, 0.4) is 0 Å². The van der Waals surface area contributed by atoms with Crippen molar-refractivity contribution >= 4 is 43.5 Å². The van der Waals surface area contributed by atoms with Gasteiger partial charge in [-0.25, -0.2) is 13.4 Å². The fourth-order valence-electron chi connectivity index (χ4n) is 4.07. The lowest BCUT2D eigenvalue weighted by Crippen LogP contribution is -2.28. The fraction of sp³-hybridized carbons (Fsp3) is 0.308. The smallest absolute Gasteiger partial charge is 0.227 e. The van der Waals surface area contributed by atoms with E-state index < -0.39 is 9.84 Å². The standard InChI is InChI=1S/C26H30N4O3S/c1-3-29(4-2)16-17-30-24-12-8-7-11-23(24)27-26(30)28-25(31)15-18-34(32,33)22-14-13-20-9-5-6-10-21(20)19-22/h5-14,19H,3-4,15-18H2,1-2H3,(H,27,28,31). The molecule has 1 heterocycles. The Morgan fingerprint density at radius 2 is 1.68 bits per heavy atom. The minimum absolute atomic E-state index is 0.144. The third-order valence-electron chi connectivity index (χ3n) is 6.12. The SMILES string of the molecule is CCN(CC)CCn1c(NC(=O)CCS(=O)(=O)c2ccc3ccccc3c2)nc2ccccc21. The van der Waals surface area contributed by atoms with Gasteiger partial charge in [0.2, 0.25) is 11.9 Å². The molecular formula is C26H30N4O3S. The fourth-order valence-corrected chi connectivity index (χ4v) is 5.34. The van der Waals surface area contributed by atoms with Crippen LogP contribution in [0, 0.1) is 0 Å². The summed E-state index contributed by atoms with van der Waals surface area (Å²) in [5, 5.41) is 4.67. The summed E-state index contributed by atoms with van der Waals surface area (Å²) >= 11 is 0. The number of carbonyl (C=O) groups is 1. The van der Waals surface area contributed by atoms with Crippen molar-refractivity contribution in [2.45, 2.75) is 31.7 Å². The summed E-state index contributed by atoms with van der Waals surface area (Å²) in [6, 6.07) is 20.4. The second-order valence-electron chi connectivity index (χ2n) is 8.23. The average Bonchev–Trinajstić information content (AvgIpc) is 3.20. The first-order chi connectivity index (χ1) is 16.4. The summed E-state index contributed by atoms with van der Waals surface area (Å²) < 4.78 is 27.7. The maximum absolute atomic E-state index is 12.9. The third-order valence-corrected chi connectivity index (χ3v) is 7.83. The van der Waals surface area contributed by atoms with Crippen LogP contribution in [0.2, 0.25) is 0 Å². The van der Waals surface area contributed by atoms with Crippen LogP contribution >= 0.6 is 0 Å². The van der Waals surface area contributed by atoms with Gasteiger partial charge in [-0.15, -0.1) is 0 Å². The molecule has 0 aliphatic carbocycles. The number of para-hydroxylation sites is 2. The molecule has 4 rings (SSSR count). The van der Waals surface area contributed by atoms with Crippen molar-refractivity contribution in [3.8, 4) is 0 Å². The van der Waals surface area contributed by atoms with Crippen molar-refractivity contribution in [3.63, 3.8) is 0 Å². The molecule has 0 saturated carbocycles. The van der Waals surface area contributed by atoms with Crippen molar-refractivity contribution in [2.24, 2.45) is 0 Å². The molecule has 1 aromatic heterocycles. The van der Waals surface area contributed by atoms with Crippen molar-refractivity contribution in [1.29, 1.82) is 0 Å². The number of sulfone groups is 1. The van der Waals surface area contributed by atoms with Gasteiger partial charge in [0.25, 0.3) is 0 Å². The number of fused-ring (bicyclic) bond motifs is 2. The minimum Gasteiger partial charge on any atom is -0.309 e. The molecule has 0 aliphatic rings. The van der Waals surface area contributed by atoms with Gasteiger partial charge in [0.05, 0.1) is 21.7 Å². The van der Waals surface area contributed by atoms with E-state index in [1.54, 1.807) is 18.2 Å². The first kappa shape index (κ1) is 23.9. The second kappa shape index (κ2) is 10.4. The lowest BCUT2D eigenvalue weighted by molar-refractivity contribution is -0.115. The monoisotopic (exact) mass is 478 g/mol. The lowest BCUT2D eigenvalue weighted by Gasteiger charge is -2.19. The predicted molar refractivity (Wildman–Crippen MR) is 137 cm³/mol. The topological polar surface area (TPSA) is 84.3 Å². The molecule has 8 heteroatoms. The first-order valence-electron chi connectivity index (χ1n) is 11.6. The van der Waals surface area contributed by atoms with Gasteiger partial charge in [-0.1, -0.05) is 56.3 Å². The zero-order chi connectivity index (χ0) is 24.1. The number of nitrogens with zero attached hydrogens (tertiary/aromatic N) is 3. The lowest BCUT2D eigenvalue weighted by atomic mass is 10.1. The van der Waals surface area contributed by atoms with E-state index in [9.17, 15) is 13.2 Å². The molecule has 0 unspecified atom stereocenters. The molecule has 0 atom stereocenters. The number of likely N-dealkylation sites (N-methyl/N-ethyl adjacent to an activating group) is 1. The van der Waals surface area contributed by atoms with E-state index in [1.165, 1.54) is 0 Å². The summed E-state index contributed by atoms with van der Waals surface area (Å²) in [6.45, 7) is 7.62. The molecule has 7 nitrogen and oxygen atoms in total. The van der Waals surface area contributed by atoms with E-state index >= 15 is 0 Å². The number of benzene rings is 3. The second-order valence-corrected chi connectivity index (χ2v) is 10.3. The van der Waals surface area contributed by atoms with E-state index in [0.717, 1.165) is 41.4 Å². The van der Waals surface area contributed by atoms with Crippen LogP contribution in [0.4, 0.5) is 5.95 Å². The van der Waals surface area contributed by atoms with E-state index in [0.29, 0.717) is 12.5 Å². The van der Waals surface area contributed by atoms with Gasteiger partial charge in [-0.2, -0.15) is 0 Å². The number of carbonyl (C=O) groups excluding carboxylic acids is 1. The van der Waals surface area contributed by atoms with Crippen LogP contribution < -0.4 is 5.32 Å². The van der Waals surface area contributed by atoms with Crippen LogP contribution in [0.1, 0.15) is 20.3 Å². The molecule has 34 heavy (non-hydrogen) atoms. The Bertz CT molecular complexity index is 1410. The highest BCUT2D eigenvalue weighted by atomic mass is 32.2. The highest BCUT2D eigenvalue weighted by molar-refractivity contribution is 7.91. The molecule has 178 valence electrons. The van der Waals surface area contributed by atoms with E-state index in [1.807, 2.05) is 53.1 Å². The van der Waals surface area contributed by atoms with Gasteiger partial charge >= 0.3 is 0 Å². The van der Waals surface area contributed by atoms with E-state index in [2.05, 4.69) is 29.0 Å². The maximum atomic E-state index is 12.9. The number of imidazole rings is 1. The molecule has 1 amide bonds. The minimum atomic E-state index is -3.60. The summed E-state index contributed by atoms with van der Waals surface area (Å²) in [4.78, 5) is 19.9. The Balaban J connectivity index is 1.47. The van der Waals surface area contributed by atoms with Crippen molar-refractivity contribution in [2.75, 3.05) is 30.7 Å². The third kappa shape index (κ3) is 5.29. The largest absolute Gasteiger partial charge is 0.309 e. The summed E-state index contributed by atoms with van der Waals surface area (Å²) in [5.41, 5.74) is 1.73. The molecule has 0 aliphatic heterocycles. The van der Waals surface area contributed by atoms with E-state index in [-0.39, 0.29) is 23.0 Å². The number of hydrogen-bond donors (Lipinski definition) is 1. The zero-order valence-electron chi connectivity index (χ0n) is 19.6. The Morgan fingerprint density at radius 3 is 2.44 bits per heavy atom. The molecular weight excluding hydrogens is 448 g/mol. The quantitative estimate of drug-likeness (QED) is 0.367. The Hall–Kier alpha value is -3.23. The highest BCUT2D eigenvalue weighted by Crippen LogP contribution is 2.22. The molecule has 0 fully saturated rings. The molecule has 1 N–H and O–H groups in total. The van der Waals surface area contributed by atoms with Crippen LogP contribution in [0.25, 0.3) is 21.8 Å². The van der Waals surface area contributed by atoms with Crippen molar-refractivity contribution < 1.29 is 13.2 Å². The van der Waals surface area contributed by atoms with Gasteiger partial charge in [-0.05, 0) is 48.1 Å². The van der Waals surface area contributed by atoms with Gasteiger partial charge in [0.15, 0.2) is 9.84 Å². The molecule has 3 aromatic carbocycles. The normalized spacial score (nSPS) is 12.0. The van der Waals surface area contributed by atoms with Crippen LogP contribution in [0.5, 0.6) is 0 Å². The number of rotatable bonds is 10.